The number of nitrogens with one attached hydrogen (secondary N) is 1. The van der Waals surface area contributed by atoms with Gasteiger partial charge in [0.2, 0.25) is 5.91 Å². The van der Waals surface area contributed by atoms with Crippen LogP contribution in [-0.4, -0.2) is 19.6 Å². The van der Waals surface area contributed by atoms with Crippen LogP contribution >= 0.6 is 0 Å². The van der Waals surface area contributed by atoms with Gasteiger partial charge in [0.05, 0.1) is 7.11 Å². The molecule has 0 unspecified atom stereocenters. The Morgan fingerprint density at radius 1 is 1.08 bits per heavy atom. The third-order valence-electron chi connectivity index (χ3n) is 3.79. The van der Waals surface area contributed by atoms with Crippen LogP contribution in [0.5, 0.6) is 11.5 Å². The number of hydrogen-bond acceptors (Lipinski definition) is 3. The summed E-state index contributed by atoms with van der Waals surface area (Å²) in [5.41, 5.74) is 2.82. The van der Waals surface area contributed by atoms with E-state index >= 15 is 0 Å². The second kappa shape index (κ2) is 9.81. The maximum Gasteiger partial charge on any atom is 0.220 e. The molecule has 0 aliphatic carbocycles. The van der Waals surface area contributed by atoms with Crippen molar-refractivity contribution in [1.82, 2.24) is 5.32 Å². The Kier molecular flexibility index (Phi) is 7.16. The van der Waals surface area contributed by atoms with Gasteiger partial charge in [0.15, 0.2) is 11.5 Å². The van der Waals surface area contributed by atoms with Gasteiger partial charge in [-0.2, -0.15) is 0 Å². The molecule has 0 spiro atoms. The fourth-order valence-electron chi connectivity index (χ4n) is 2.37. The molecule has 4 heteroatoms. The van der Waals surface area contributed by atoms with Gasteiger partial charge in [0.1, 0.15) is 6.61 Å². The van der Waals surface area contributed by atoms with Crippen LogP contribution in [0.25, 0.3) is 0 Å². The lowest BCUT2D eigenvalue weighted by Crippen LogP contribution is -2.22. The molecule has 1 amide bonds. The molecule has 0 aliphatic rings. The molecule has 0 atom stereocenters. The Morgan fingerprint density at radius 3 is 2.46 bits per heavy atom. The lowest BCUT2D eigenvalue weighted by atomic mass is 10.1. The van der Waals surface area contributed by atoms with E-state index in [4.69, 9.17) is 22.3 Å². The molecule has 2 aromatic carbocycles. The summed E-state index contributed by atoms with van der Waals surface area (Å²) >= 11 is 0. The molecule has 132 valence electrons. The van der Waals surface area contributed by atoms with E-state index in [0.717, 1.165) is 16.7 Å². The summed E-state index contributed by atoms with van der Waals surface area (Å²) in [5.74, 6) is 6.16. The fourth-order valence-corrected chi connectivity index (χ4v) is 2.37. The Balaban J connectivity index is 1.84. The van der Waals surface area contributed by atoms with Crippen molar-refractivity contribution >= 4 is 5.91 Å². The van der Waals surface area contributed by atoms with E-state index in [0.29, 0.717) is 30.9 Å². The molecule has 0 radical (unpaired) electrons. The molecule has 0 saturated carbocycles. The third-order valence-corrected chi connectivity index (χ3v) is 3.79. The van der Waals surface area contributed by atoms with Crippen LogP contribution in [0.2, 0.25) is 0 Å². The summed E-state index contributed by atoms with van der Waals surface area (Å²) in [6.45, 7) is 0.659. The molecule has 2 aromatic rings. The zero-order valence-corrected chi connectivity index (χ0v) is 14.7. The average Bonchev–Trinajstić information content (AvgIpc) is 2.69. The van der Waals surface area contributed by atoms with Gasteiger partial charge < -0.3 is 14.8 Å². The highest BCUT2D eigenvalue weighted by Gasteiger charge is 2.08. The van der Waals surface area contributed by atoms with E-state index < -0.39 is 0 Å². The number of rotatable bonds is 8. The first-order chi connectivity index (χ1) is 12.7. The Hall–Kier alpha value is -3.37. The molecule has 2 rings (SSSR count). The Bertz CT molecular complexity index is 826. The molecule has 0 aromatic heterocycles. The predicted octanol–water partition coefficient (Wildman–Crippen LogP) is 2.94. The van der Waals surface area contributed by atoms with Crippen LogP contribution in [0.3, 0.4) is 0 Å². The van der Waals surface area contributed by atoms with Crippen LogP contribution in [0.4, 0.5) is 0 Å². The number of terminal acetylenes is 2. The monoisotopic (exact) mass is 347 g/mol. The second-order valence-electron chi connectivity index (χ2n) is 5.60. The number of hydrogen-bond donors (Lipinski definition) is 1. The first kappa shape index (κ1) is 19.0. The molecule has 0 fully saturated rings. The normalized spacial score (nSPS) is 9.65. The Morgan fingerprint density at radius 2 is 1.81 bits per heavy atom. The highest BCUT2D eigenvalue weighted by atomic mass is 16.5. The molecule has 1 N–H and O–H groups in total. The highest BCUT2D eigenvalue weighted by molar-refractivity contribution is 5.76. The number of carbonyl (C=O) groups is 1. The maximum atomic E-state index is 12.1. The molecular formula is C22H21NO3. The number of benzene rings is 2. The minimum absolute atomic E-state index is 0.0161. The van der Waals surface area contributed by atoms with Crippen molar-refractivity contribution in [1.29, 1.82) is 0 Å². The van der Waals surface area contributed by atoms with E-state index in [1.54, 1.807) is 13.2 Å². The van der Waals surface area contributed by atoms with E-state index in [9.17, 15) is 4.79 Å². The molecule has 0 saturated heterocycles. The minimum Gasteiger partial charge on any atom is -0.493 e. The van der Waals surface area contributed by atoms with Gasteiger partial charge in [0.25, 0.3) is 0 Å². The lowest BCUT2D eigenvalue weighted by Gasteiger charge is -2.11. The molecule has 26 heavy (non-hydrogen) atoms. The summed E-state index contributed by atoms with van der Waals surface area (Å²) in [4.78, 5) is 12.1. The molecule has 0 bridgehead atoms. The van der Waals surface area contributed by atoms with E-state index in [1.165, 1.54) is 0 Å². The highest BCUT2D eigenvalue weighted by Crippen LogP contribution is 2.28. The first-order valence-electron chi connectivity index (χ1n) is 8.21. The lowest BCUT2D eigenvalue weighted by molar-refractivity contribution is -0.121. The molecular weight excluding hydrogens is 326 g/mol. The van der Waals surface area contributed by atoms with Crippen LogP contribution in [0.1, 0.15) is 23.1 Å². The van der Waals surface area contributed by atoms with Crippen molar-refractivity contribution in [2.45, 2.75) is 19.4 Å². The zero-order chi connectivity index (χ0) is 18.8. The summed E-state index contributed by atoms with van der Waals surface area (Å²) in [6, 6.07) is 13.1. The number of methoxy groups -OCH3 is 1. The quantitative estimate of drug-likeness (QED) is 0.747. The molecule has 0 aliphatic heterocycles. The first-order valence-corrected chi connectivity index (χ1v) is 8.21. The van der Waals surface area contributed by atoms with Gasteiger partial charge in [-0.25, -0.2) is 0 Å². The Labute approximate surface area is 154 Å². The summed E-state index contributed by atoms with van der Waals surface area (Å²) in [5, 5.41) is 2.91. The van der Waals surface area contributed by atoms with Crippen molar-refractivity contribution < 1.29 is 14.3 Å². The third kappa shape index (κ3) is 5.61. The number of amides is 1. The fraction of sp³-hybridized carbons (Fsp3) is 0.227. The molecule has 0 heterocycles. The van der Waals surface area contributed by atoms with Crippen LogP contribution in [0.15, 0.2) is 42.5 Å². The second-order valence-corrected chi connectivity index (χ2v) is 5.60. The molecule has 4 nitrogen and oxygen atoms in total. The standard InChI is InChI=1S/C22H21NO3/c1-4-14-26-20-12-10-18(15-21(20)25-3)11-13-22(24)23-16-19-8-6-17(5-2)7-9-19/h1-2,6-10,12,15H,11,13-14,16H2,3H3,(H,23,24). The average molecular weight is 347 g/mol. The largest absolute Gasteiger partial charge is 0.493 e. The van der Waals surface area contributed by atoms with Crippen molar-refractivity contribution in [3.05, 3.63) is 59.2 Å². The van der Waals surface area contributed by atoms with Gasteiger partial charge in [0, 0.05) is 18.5 Å². The van der Waals surface area contributed by atoms with E-state index in [1.807, 2.05) is 36.4 Å². The predicted molar refractivity (Wildman–Crippen MR) is 102 cm³/mol. The van der Waals surface area contributed by atoms with Crippen molar-refractivity contribution in [3.8, 4) is 36.2 Å². The van der Waals surface area contributed by atoms with Gasteiger partial charge in [-0.1, -0.05) is 30.0 Å². The summed E-state index contributed by atoms with van der Waals surface area (Å²) < 4.78 is 10.7. The van der Waals surface area contributed by atoms with Crippen molar-refractivity contribution in [3.63, 3.8) is 0 Å². The SMILES string of the molecule is C#CCOc1ccc(CCC(=O)NCc2ccc(C#C)cc2)cc1OC. The summed E-state index contributed by atoms with van der Waals surface area (Å²) in [6.07, 6.45) is 11.5. The van der Waals surface area contributed by atoms with Gasteiger partial charge in [-0.3, -0.25) is 4.79 Å². The van der Waals surface area contributed by atoms with Gasteiger partial charge in [-0.15, -0.1) is 12.8 Å². The topological polar surface area (TPSA) is 47.6 Å². The number of carbonyl (C=O) groups excluding carboxylic acids is 1. The summed E-state index contributed by atoms with van der Waals surface area (Å²) in [7, 11) is 1.57. The van der Waals surface area contributed by atoms with E-state index in [2.05, 4.69) is 17.2 Å². The zero-order valence-electron chi connectivity index (χ0n) is 14.7. The smallest absolute Gasteiger partial charge is 0.220 e. The maximum absolute atomic E-state index is 12.1. The van der Waals surface area contributed by atoms with Gasteiger partial charge in [-0.05, 0) is 41.8 Å². The van der Waals surface area contributed by atoms with E-state index in [-0.39, 0.29) is 12.5 Å². The van der Waals surface area contributed by atoms with Crippen LogP contribution < -0.4 is 14.8 Å². The van der Waals surface area contributed by atoms with Crippen molar-refractivity contribution in [2.24, 2.45) is 0 Å². The van der Waals surface area contributed by atoms with Crippen LogP contribution in [0, 0.1) is 24.7 Å². The number of aryl methyl sites for hydroxylation is 1. The van der Waals surface area contributed by atoms with Crippen LogP contribution in [-0.2, 0) is 17.8 Å². The van der Waals surface area contributed by atoms with Gasteiger partial charge >= 0.3 is 0 Å². The minimum atomic E-state index is -0.0161. The number of ether oxygens (including phenoxy) is 2. The van der Waals surface area contributed by atoms with Crippen molar-refractivity contribution in [2.75, 3.05) is 13.7 Å².